The van der Waals surface area contributed by atoms with Gasteiger partial charge in [0.25, 0.3) is 5.69 Å². The van der Waals surface area contributed by atoms with Crippen LogP contribution in [0.1, 0.15) is 17.4 Å². The van der Waals surface area contributed by atoms with Crippen LogP contribution in [0.4, 0.5) is 5.69 Å². The third-order valence-electron chi connectivity index (χ3n) is 2.25. The molecule has 0 atom stereocenters. The molecule has 5 heteroatoms. The summed E-state index contributed by atoms with van der Waals surface area (Å²) in [5.74, 6) is -0.283. The van der Waals surface area contributed by atoms with Crippen molar-refractivity contribution in [3.8, 4) is 0 Å². The number of carbonyl (C=O) groups excluding carboxylic acids is 1. The van der Waals surface area contributed by atoms with Crippen molar-refractivity contribution in [1.29, 1.82) is 0 Å². The van der Waals surface area contributed by atoms with E-state index in [1.165, 1.54) is 13.0 Å². The number of para-hydroxylation sites is 1. The normalized spacial score (nSPS) is 10.3. The van der Waals surface area contributed by atoms with Crippen molar-refractivity contribution < 1.29 is 9.72 Å². The SMILES string of the molecule is CC(=O)c1cc([N+](=O)[O-])c2ccccc2n1. The third kappa shape index (κ3) is 1.63. The van der Waals surface area contributed by atoms with Crippen LogP contribution in [0, 0.1) is 10.1 Å². The van der Waals surface area contributed by atoms with Crippen LogP contribution in [-0.2, 0) is 0 Å². The van der Waals surface area contributed by atoms with E-state index in [-0.39, 0.29) is 17.2 Å². The lowest BCUT2D eigenvalue weighted by molar-refractivity contribution is -0.383. The molecule has 0 saturated heterocycles. The average Bonchev–Trinajstić information content (AvgIpc) is 2.27. The van der Waals surface area contributed by atoms with Crippen molar-refractivity contribution in [2.24, 2.45) is 0 Å². The fraction of sp³-hybridized carbons (Fsp3) is 0.0909. The van der Waals surface area contributed by atoms with Crippen molar-refractivity contribution in [1.82, 2.24) is 4.98 Å². The Morgan fingerprint density at radius 2 is 2.06 bits per heavy atom. The topological polar surface area (TPSA) is 73.1 Å². The highest BCUT2D eigenvalue weighted by atomic mass is 16.6. The van der Waals surface area contributed by atoms with E-state index in [2.05, 4.69) is 4.98 Å². The van der Waals surface area contributed by atoms with E-state index in [4.69, 9.17) is 0 Å². The fourth-order valence-electron chi connectivity index (χ4n) is 1.49. The standard InChI is InChI=1S/C11H8N2O3/c1-7(14)10-6-11(13(15)16)8-4-2-3-5-9(8)12-10/h2-6H,1H3. The molecule has 1 aromatic heterocycles. The van der Waals surface area contributed by atoms with Gasteiger partial charge in [0, 0.05) is 13.0 Å². The number of nitro groups is 1. The van der Waals surface area contributed by atoms with E-state index < -0.39 is 4.92 Å². The summed E-state index contributed by atoms with van der Waals surface area (Å²) in [6, 6.07) is 7.90. The van der Waals surface area contributed by atoms with Gasteiger partial charge >= 0.3 is 0 Å². The lowest BCUT2D eigenvalue weighted by Gasteiger charge is -2.01. The first-order chi connectivity index (χ1) is 7.59. The van der Waals surface area contributed by atoms with Crippen LogP contribution in [0.25, 0.3) is 10.9 Å². The number of rotatable bonds is 2. The molecule has 0 aliphatic rings. The van der Waals surface area contributed by atoms with Crippen LogP contribution in [0.3, 0.4) is 0 Å². The molecular weight excluding hydrogens is 208 g/mol. The summed E-state index contributed by atoms with van der Waals surface area (Å²) in [6.45, 7) is 1.33. The number of carbonyl (C=O) groups is 1. The van der Waals surface area contributed by atoms with Crippen molar-refractivity contribution in [3.05, 3.63) is 46.1 Å². The Labute approximate surface area is 90.9 Å². The van der Waals surface area contributed by atoms with Crippen LogP contribution in [-0.4, -0.2) is 15.7 Å². The Kier molecular flexibility index (Phi) is 2.36. The highest BCUT2D eigenvalue weighted by Gasteiger charge is 2.16. The summed E-state index contributed by atoms with van der Waals surface area (Å²) in [4.78, 5) is 25.6. The average molecular weight is 216 g/mol. The number of hydrogen-bond acceptors (Lipinski definition) is 4. The molecule has 2 aromatic rings. The van der Waals surface area contributed by atoms with E-state index in [9.17, 15) is 14.9 Å². The maximum absolute atomic E-state index is 11.2. The summed E-state index contributed by atoms with van der Waals surface area (Å²) < 4.78 is 0. The molecule has 0 N–H and O–H groups in total. The number of Topliss-reactive ketones (excluding diaryl/α,β-unsaturated/α-hetero) is 1. The second-order valence-electron chi connectivity index (χ2n) is 3.36. The highest BCUT2D eigenvalue weighted by molar-refractivity contribution is 5.98. The van der Waals surface area contributed by atoms with Gasteiger partial charge in [-0.25, -0.2) is 4.98 Å². The van der Waals surface area contributed by atoms with Crippen LogP contribution < -0.4 is 0 Å². The maximum Gasteiger partial charge on any atom is 0.281 e. The molecule has 0 aliphatic carbocycles. The summed E-state index contributed by atoms with van der Waals surface area (Å²) in [7, 11) is 0. The fourth-order valence-corrected chi connectivity index (χ4v) is 1.49. The summed E-state index contributed by atoms with van der Waals surface area (Å²) in [5, 5.41) is 11.3. The second kappa shape index (κ2) is 3.69. The Bertz CT molecular complexity index is 593. The smallest absolute Gasteiger partial charge is 0.281 e. The van der Waals surface area contributed by atoms with Gasteiger partial charge in [0.2, 0.25) is 0 Å². The summed E-state index contributed by atoms with van der Waals surface area (Å²) >= 11 is 0. The first-order valence-corrected chi connectivity index (χ1v) is 4.64. The zero-order valence-corrected chi connectivity index (χ0v) is 8.51. The van der Waals surface area contributed by atoms with Crippen LogP contribution >= 0.6 is 0 Å². The van der Waals surface area contributed by atoms with Crippen molar-refractivity contribution >= 4 is 22.4 Å². The van der Waals surface area contributed by atoms with Crippen LogP contribution in [0.2, 0.25) is 0 Å². The molecule has 1 heterocycles. The van der Waals surface area contributed by atoms with E-state index in [1.54, 1.807) is 24.3 Å². The van der Waals surface area contributed by atoms with Gasteiger partial charge in [-0.1, -0.05) is 12.1 Å². The minimum Gasteiger partial charge on any atom is -0.293 e. The highest BCUT2D eigenvalue weighted by Crippen LogP contribution is 2.24. The van der Waals surface area contributed by atoms with Crippen LogP contribution in [0.15, 0.2) is 30.3 Å². The number of aromatic nitrogens is 1. The van der Waals surface area contributed by atoms with Crippen LogP contribution in [0.5, 0.6) is 0 Å². The third-order valence-corrected chi connectivity index (χ3v) is 2.25. The minimum atomic E-state index is -0.504. The van der Waals surface area contributed by atoms with E-state index in [0.717, 1.165) is 0 Å². The quantitative estimate of drug-likeness (QED) is 0.438. The molecule has 0 amide bonds. The molecule has 0 radical (unpaired) electrons. The van der Waals surface area contributed by atoms with Gasteiger partial charge in [-0.2, -0.15) is 0 Å². The molecule has 0 spiro atoms. The lowest BCUT2D eigenvalue weighted by Crippen LogP contribution is -2.00. The molecule has 1 aromatic carbocycles. The molecule has 2 rings (SSSR count). The Hall–Kier alpha value is -2.30. The number of hydrogen-bond donors (Lipinski definition) is 0. The molecular formula is C11H8N2O3. The van der Waals surface area contributed by atoms with Gasteiger partial charge in [0.15, 0.2) is 5.78 Å². The molecule has 0 unspecified atom stereocenters. The molecule has 0 aliphatic heterocycles. The maximum atomic E-state index is 11.2. The van der Waals surface area contributed by atoms with E-state index in [1.807, 2.05) is 0 Å². The van der Waals surface area contributed by atoms with Crippen molar-refractivity contribution in [2.75, 3.05) is 0 Å². The van der Waals surface area contributed by atoms with E-state index >= 15 is 0 Å². The number of pyridine rings is 1. The molecule has 80 valence electrons. The number of benzene rings is 1. The summed E-state index contributed by atoms with van der Waals surface area (Å²) in [6.07, 6.45) is 0. The molecule has 0 bridgehead atoms. The zero-order valence-electron chi connectivity index (χ0n) is 8.51. The first-order valence-electron chi connectivity index (χ1n) is 4.64. The van der Waals surface area contributed by atoms with Gasteiger partial charge < -0.3 is 0 Å². The van der Waals surface area contributed by atoms with Crippen molar-refractivity contribution in [3.63, 3.8) is 0 Å². The van der Waals surface area contributed by atoms with Gasteiger partial charge in [-0.05, 0) is 12.1 Å². The predicted molar refractivity (Wildman–Crippen MR) is 58.4 cm³/mol. The van der Waals surface area contributed by atoms with Gasteiger partial charge in [0.1, 0.15) is 5.69 Å². The second-order valence-corrected chi connectivity index (χ2v) is 3.36. The number of ketones is 1. The molecule has 0 fully saturated rings. The molecule has 5 nitrogen and oxygen atoms in total. The van der Waals surface area contributed by atoms with Gasteiger partial charge in [-0.3, -0.25) is 14.9 Å². The Balaban J connectivity index is 2.84. The predicted octanol–water partition coefficient (Wildman–Crippen LogP) is 2.35. The van der Waals surface area contributed by atoms with Crippen molar-refractivity contribution in [2.45, 2.75) is 6.92 Å². The number of fused-ring (bicyclic) bond motifs is 1. The minimum absolute atomic E-state index is 0.0872. The molecule has 16 heavy (non-hydrogen) atoms. The first kappa shape index (κ1) is 10.2. The molecule has 0 saturated carbocycles. The largest absolute Gasteiger partial charge is 0.293 e. The number of nitrogens with zero attached hydrogens (tertiary/aromatic N) is 2. The Morgan fingerprint density at radius 3 is 2.69 bits per heavy atom. The van der Waals surface area contributed by atoms with Gasteiger partial charge in [0.05, 0.1) is 15.8 Å². The lowest BCUT2D eigenvalue weighted by atomic mass is 10.1. The van der Waals surface area contributed by atoms with Gasteiger partial charge in [-0.15, -0.1) is 0 Å². The monoisotopic (exact) mass is 216 g/mol. The zero-order chi connectivity index (χ0) is 11.7. The Morgan fingerprint density at radius 1 is 1.38 bits per heavy atom. The van der Waals surface area contributed by atoms with E-state index in [0.29, 0.717) is 10.9 Å². The summed E-state index contributed by atoms with van der Waals surface area (Å²) in [5.41, 5.74) is 0.489.